The van der Waals surface area contributed by atoms with Gasteiger partial charge in [0.2, 0.25) is 5.76 Å². The normalized spacial score (nSPS) is 10.5. The number of hydrogen-bond acceptors (Lipinski definition) is 5. The van der Waals surface area contributed by atoms with Crippen LogP contribution in [-0.2, 0) is 0 Å². The van der Waals surface area contributed by atoms with Crippen molar-refractivity contribution in [2.24, 2.45) is 0 Å². The summed E-state index contributed by atoms with van der Waals surface area (Å²) < 4.78 is 5.02. The Hall–Kier alpha value is -3.28. The number of phenolic OH excluding ortho intramolecular Hbond substituents is 2. The number of carbonyl (C=O) groups is 1. The van der Waals surface area contributed by atoms with Gasteiger partial charge in [-0.05, 0) is 36.8 Å². The van der Waals surface area contributed by atoms with Crippen molar-refractivity contribution >= 4 is 11.6 Å². The van der Waals surface area contributed by atoms with Crippen LogP contribution in [0.15, 0.2) is 53.1 Å². The fraction of sp³-hybridized carbons (Fsp3) is 0.0588. The maximum absolute atomic E-state index is 12.2. The monoisotopic (exact) mass is 310 g/mol. The van der Waals surface area contributed by atoms with Crippen molar-refractivity contribution in [3.8, 4) is 22.8 Å². The van der Waals surface area contributed by atoms with E-state index in [9.17, 15) is 15.0 Å². The first-order chi connectivity index (χ1) is 11.0. The van der Waals surface area contributed by atoms with Crippen LogP contribution >= 0.6 is 0 Å². The SMILES string of the molecule is Cc1ccc(O)c(NC(=O)c2cc(-c3ccccc3O)no2)c1. The molecular weight excluding hydrogens is 296 g/mol. The molecule has 116 valence electrons. The lowest BCUT2D eigenvalue weighted by Gasteiger charge is -2.06. The van der Waals surface area contributed by atoms with Crippen LogP contribution in [0.4, 0.5) is 5.69 Å². The Bertz CT molecular complexity index is 871. The second-order valence-electron chi connectivity index (χ2n) is 5.07. The van der Waals surface area contributed by atoms with Gasteiger partial charge in [0.15, 0.2) is 0 Å². The second-order valence-corrected chi connectivity index (χ2v) is 5.07. The second kappa shape index (κ2) is 5.84. The van der Waals surface area contributed by atoms with E-state index >= 15 is 0 Å². The van der Waals surface area contributed by atoms with E-state index in [1.807, 2.05) is 6.92 Å². The molecule has 0 saturated heterocycles. The molecule has 0 saturated carbocycles. The van der Waals surface area contributed by atoms with Gasteiger partial charge in [-0.3, -0.25) is 4.79 Å². The number of benzene rings is 2. The maximum Gasteiger partial charge on any atom is 0.294 e. The summed E-state index contributed by atoms with van der Waals surface area (Å²) in [6, 6.07) is 12.9. The number of aromatic hydroxyl groups is 2. The molecular formula is C17H14N2O4. The summed E-state index contributed by atoms with van der Waals surface area (Å²) in [7, 11) is 0. The molecule has 0 aliphatic heterocycles. The smallest absolute Gasteiger partial charge is 0.294 e. The van der Waals surface area contributed by atoms with E-state index in [2.05, 4.69) is 10.5 Å². The van der Waals surface area contributed by atoms with Crippen LogP contribution in [0.5, 0.6) is 11.5 Å². The van der Waals surface area contributed by atoms with Crippen LogP contribution in [0.25, 0.3) is 11.3 Å². The molecule has 0 fully saturated rings. The first-order valence-corrected chi connectivity index (χ1v) is 6.90. The summed E-state index contributed by atoms with van der Waals surface area (Å²) in [4.78, 5) is 12.2. The highest BCUT2D eigenvalue weighted by atomic mass is 16.5. The zero-order valence-electron chi connectivity index (χ0n) is 12.3. The number of nitrogens with zero attached hydrogens (tertiary/aromatic N) is 1. The number of hydrogen-bond donors (Lipinski definition) is 3. The third-order valence-corrected chi connectivity index (χ3v) is 3.31. The minimum atomic E-state index is -0.542. The quantitative estimate of drug-likeness (QED) is 0.645. The van der Waals surface area contributed by atoms with Crippen LogP contribution in [0, 0.1) is 6.92 Å². The van der Waals surface area contributed by atoms with Gasteiger partial charge in [-0.1, -0.05) is 23.4 Å². The number of carbonyl (C=O) groups excluding carboxylic acids is 1. The number of rotatable bonds is 3. The Morgan fingerprint density at radius 1 is 1.09 bits per heavy atom. The molecule has 23 heavy (non-hydrogen) atoms. The molecule has 1 amide bonds. The van der Waals surface area contributed by atoms with Crippen LogP contribution in [0.1, 0.15) is 16.1 Å². The van der Waals surface area contributed by atoms with Crippen molar-refractivity contribution in [2.45, 2.75) is 6.92 Å². The van der Waals surface area contributed by atoms with Crippen molar-refractivity contribution < 1.29 is 19.5 Å². The summed E-state index contributed by atoms with van der Waals surface area (Å²) in [5, 5.41) is 25.9. The lowest BCUT2D eigenvalue weighted by molar-refractivity contribution is 0.0987. The van der Waals surface area contributed by atoms with Gasteiger partial charge in [-0.25, -0.2) is 0 Å². The number of aromatic nitrogens is 1. The Balaban J connectivity index is 1.84. The van der Waals surface area contributed by atoms with Crippen molar-refractivity contribution in [2.75, 3.05) is 5.32 Å². The summed E-state index contributed by atoms with van der Waals surface area (Å²) in [6.07, 6.45) is 0. The van der Waals surface area contributed by atoms with E-state index in [1.54, 1.807) is 30.3 Å². The van der Waals surface area contributed by atoms with Gasteiger partial charge in [0.05, 0.1) is 5.69 Å². The number of amides is 1. The molecule has 0 radical (unpaired) electrons. The molecule has 2 aromatic carbocycles. The van der Waals surface area contributed by atoms with Crippen molar-refractivity contribution in [1.29, 1.82) is 0 Å². The fourth-order valence-electron chi connectivity index (χ4n) is 2.13. The third kappa shape index (κ3) is 3.01. The zero-order chi connectivity index (χ0) is 16.4. The van der Waals surface area contributed by atoms with Crippen molar-refractivity contribution in [3.63, 3.8) is 0 Å². The minimum Gasteiger partial charge on any atom is -0.507 e. The molecule has 3 N–H and O–H groups in total. The average Bonchev–Trinajstić information content (AvgIpc) is 3.01. The van der Waals surface area contributed by atoms with E-state index in [0.717, 1.165) is 5.56 Å². The molecule has 3 aromatic rings. The van der Waals surface area contributed by atoms with E-state index in [-0.39, 0.29) is 22.9 Å². The molecule has 3 rings (SSSR count). The molecule has 0 bridgehead atoms. The van der Waals surface area contributed by atoms with Crippen molar-refractivity contribution in [3.05, 3.63) is 59.9 Å². The zero-order valence-corrected chi connectivity index (χ0v) is 12.3. The van der Waals surface area contributed by atoms with Crippen molar-refractivity contribution in [1.82, 2.24) is 5.16 Å². The molecule has 0 atom stereocenters. The van der Waals surface area contributed by atoms with E-state index in [1.165, 1.54) is 18.2 Å². The van der Waals surface area contributed by atoms with Gasteiger partial charge >= 0.3 is 0 Å². The highest BCUT2D eigenvalue weighted by Gasteiger charge is 2.17. The predicted octanol–water partition coefficient (Wildman–Crippen LogP) is 3.31. The summed E-state index contributed by atoms with van der Waals surface area (Å²) in [5.41, 5.74) is 2.00. The lowest BCUT2D eigenvalue weighted by atomic mass is 10.1. The third-order valence-electron chi connectivity index (χ3n) is 3.31. The maximum atomic E-state index is 12.2. The highest BCUT2D eigenvalue weighted by molar-refractivity contribution is 6.03. The molecule has 0 unspecified atom stereocenters. The number of para-hydroxylation sites is 1. The average molecular weight is 310 g/mol. The van der Waals surface area contributed by atoms with E-state index < -0.39 is 5.91 Å². The van der Waals surface area contributed by atoms with Gasteiger partial charge < -0.3 is 20.1 Å². The molecule has 1 aromatic heterocycles. The molecule has 6 nitrogen and oxygen atoms in total. The Kier molecular flexibility index (Phi) is 3.72. The molecule has 0 aliphatic rings. The number of phenols is 2. The Morgan fingerprint density at radius 3 is 2.65 bits per heavy atom. The number of aryl methyl sites for hydroxylation is 1. The highest BCUT2D eigenvalue weighted by Crippen LogP contribution is 2.29. The van der Waals surface area contributed by atoms with Crippen LogP contribution < -0.4 is 5.32 Å². The number of anilines is 1. The Morgan fingerprint density at radius 2 is 1.87 bits per heavy atom. The van der Waals surface area contributed by atoms with E-state index in [4.69, 9.17) is 4.52 Å². The van der Waals surface area contributed by atoms with Crippen LogP contribution in [0.3, 0.4) is 0 Å². The Labute approximate surface area is 132 Å². The van der Waals surface area contributed by atoms with Gasteiger partial charge in [-0.2, -0.15) is 0 Å². The lowest BCUT2D eigenvalue weighted by Crippen LogP contribution is -2.11. The van der Waals surface area contributed by atoms with Gasteiger partial charge in [0.1, 0.15) is 17.2 Å². The molecule has 0 spiro atoms. The molecule has 0 aliphatic carbocycles. The summed E-state index contributed by atoms with van der Waals surface area (Å²) >= 11 is 0. The largest absolute Gasteiger partial charge is 0.507 e. The van der Waals surface area contributed by atoms with Crippen LogP contribution in [0.2, 0.25) is 0 Å². The first-order valence-electron chi connectivity index (χ1n) is 6.90. The fourth-order valence-corrected chi connectivity index (χ4v) is 2.13. The molecule has 1 heterocycles. The van der Waals surface area contributed by atoms with Gasteiger partial charge in [-0.15, -0.1) is 0 Å². The molecule has 6 heteroatoms. The predicted molar refractivity (Wildman–Crippen MR) is 84.4 cm³/mol. The van der Waals surface area contributed by atoms with Gasteiger partial charge in [0.25, 0.3) is 5.91 Å². The van der Waals surface area contributed by atoms with Gasteiger partial charge in [0, 0.05) is 11.6 Å². The first kappa shape index (κ1) is 14.6. The summed E-state index contributed by atoms with van der Waals surface area (Å²) in [5.74, 6) is -0.558. The topological polar surface area (TPSA) is 95.6 Å². The number of nitrogens with one attached hydrogen (secondary N) is 1. The van der Waals surface area contributed by atoms with E-state index in [0.29, 0.717) is 11.3 Å². The standard InChI is InChI=1S/C17H14N2O4/c1-10-6-7-15(21)13(8-10)18-17(22)16-9-12(19-23-16)11-4-2-3-5-14(11)20/h2-9,20-21H,1H3,(H,18,22). The summed E-state index contributed by atoms with van der Waals surface area (Å²) in [6.45, 7) is 1.85. The van der Waals surface area contributed by atoms with Crippen LogP contribution in [-0.4, -0.2) is 21.3 Å². The minimum absolute atomic E-state index is 0.0239.